The van der Waals surface area contributed by atoms with E-state index in [1.807, 2.05) is 0 Å². The van der Waals surface area contributed by atoms with Crippen LogP contribution in [0.5, 0.6) is 0 Å². The van der Waals surface area contributed by atoms with Gasteiger partial charge in [0.1, 0.15) is 0 Å². The summed E-state index contributed by atoms with van der Waals surface area (Å²) in [6.07, 6.45) is 22.5. The quantitative estimate of drug-likeness (QED) is 0.0229. The average molecular weight is 610 g/mol. The highest BCUT2D eigenvalue weighted by Crippen LogP contribution is 2.31. The molecule has 0 aromatic heterocycles. The van der Waals surface area contributed by atoms with Gasteiger partial charge in [-0.2, -0.15) is 0 Å². The molecule has 9 nitrogen and oxygen atoms in total. The van der Waals surface area contributed by atoms with Crippen molar-refractivity contribution in [2.45, 2.75) is 186 Å². The minimum absolute atomic E-state index is 0.161. The van der Waals surface area contributed by atoms with E-state index in [0.29, 0.717) is 12.8 Å². The minimum Gasteiger partial charge on any atom is -0.393 e. The fourth-order valence-corrected chi connectivity index (χ4v) is 5.69. The first-order valence-corrected chi connectivity index (χ1v) is 17.4. The van der Waals surface area contributed by atoms with Crippen molar-refractivity contribution in [3.63, 3.8) is 0 Å². The summed E-state index contributed by atoms with van der Waals surface area (Å²) in [6.45, 7) is 2.82. The third-order valence-electron chi connectivity index (χ3n) is 8.61. The number of unbranched alkanes of at least 4 members (excludes halogenated alkanes) is 20. The Kier molecular flexibility index (Phi) is 25.5. The minimum atomic E-state index is -3.08. The predicted molar refractivity (Wildman–Crippen MR) is 173 cm³/mol. The number of aliphatic hydroxyl groups excluding tert-OH is 1. The highest BCUT2D eigenvalue weighted by molar-refractivity contribution is 6.16. The van der Waals surface area contributed by atoms with Crippen LogP contribution in [-0.2, 0) is 14.4 Å². The summed E-state index contributed by atoms with van der Waals surface area (Å²) < 4.78 is 0. The molecule has 0 aromatic rings. The van der Waals surface area contributed by atoms with Crippen molar-refractivity contribution in [3.8, 4) is 0 Å². The van der Waals surface area contributed by atoms with Crippen LogP contribution in [0, 0.1) is 0 Å². The van der Waals surface area contributed by atoms with E-state index in [2.05, 4.69) is 23.9 Å². The summed E-state index contributed by atoms with van der Waals surface area (Å²) in [7, 11) is 0. The Morgan fingerprint density at radius 2 is 0.884 bits per heavy atom. The van der Waals surface area contributed by atoms with Crippen molar-refractivity contribution in [2.75, 3.05) is 13.2 Å². The maximum absolute atomic E-state index is 13.3. The van der Waals surface area contributed by atoms with Crippen molar-refractivity contribution in [1.29, 1.82) is 0 Å². The molecule has 0 aromatic carbocycles. The Balaban J connectivity index is 4.91. The zero-order valence-corrected chi connectivity index (χ0v) is 27.5. The summed E-state index contributed by atoms with van der Waals surface area (Å²) in [5.41, 5.74) is 2.54. The number of azide groups is 1. The van der Waals surface area contributed by atoms with Crippen molar-refractivity contribution >= 4 is 17.3 Å². The third kappa shape index (κ3) is 16.7. The van der Waals surface area contributed by atoms with Gasteiger partial charge in [0.25, 0.3) is 0 Å². The topological polar surface area (TPSA) is 161 Å². The number of Topliss-reactive ketones (excluding diaryl/α,β-unsaturated/α-hetero) is 3. The summed E-state index contributed by atoms with van der Waals surface area (Å²) in [5.74, 6) is -3.01. The average Bonchev–Trinajstić information content (AvgIpc) is 3.01. The molecule has 0 amide bonds. The number of aliphatic hydroxyl groups is 3. The van der Waals surface area contributed by atoms with E-state index in [4.69, 9.17) is 5.53 Å². The predicted octanol–water partition coefficient (Wildman–Crippen LogP) is 8.25. The molecule has 2 unspecified atom stereocenters. The van der Waals surface area contributed by atoms with E-state index in [9.17, 15) is 29.7 Å². The molecule has 0 rings (SSSR count). The summed E-state index contributed by atoms with van der Waals surface area (Å²) >= 11 is 0. The van der Waals surface area contributed by atoms with Gasteiger partial charge < -0.3 is 15.3 Å². The van der Waals surface area contributed by atoms with Gasteiger partial charge in [-0.25, -0.2) is 0 Å². The highest BCUT2D eigenvalue weighted by Gasteiger charge is 2.62. The van der Waals surface area contributed by atoms with Gasteiger partial charge in [0.05, 0.1) is 6.61 Å². The van der Waals surface area contributed by atoms with Crippen LogP contribution >= 0.6 is 0 Å². The SMILES string of the molecule is CCCCCCCCCCCCCC(=O)C(O)(CO)C(O)(C(=O)CCCCCCCCCCCCC)C(=O)CCN=[N+]=[N-]. The number of ketones is 3. The first-order valence-electron chi connectivity index (χ1n) is 17.4. The summed E-state index contributed by atoms with van der Waals surface area (Å²) in [6, 6.07) is 0. The molecule has 9 heteroatoms. The molecular formula is C34H63N3O6. The van der Waals surface area contributed by atoms with E-state index in [0.717, 1.165) is 51.4 Å². The second kappa shape index (κ2) is 26.6. The molecule has 0 aliphatic heterocycles. The molecule has 0 aliphatic rings. The maximum Gasteiger partial charge on any atom is 0.219 e. The van der Waals surface area contributed by atoms with Gasteiger partial charge in [0.15, 0.2) is 23.0 Å². The summed E-state index contributed by atoms with van der Waals surface area (Å²) in [4.78, 5) is 42.1. The van der Waals surface area contributed by atoms with Crippen LogP contribution in [0.3, 0.4) is 0 Å². The van der Waals surface area contributed by atoms with Crippen molar-refractivity contribution in [3.05, 3.63) is 10.4 Å². The van der Waals surface area contributed by atoms with Gasteiger partial charge in [0, 0.05) is 30.7 Å². The molecule has 43 heavy (non-hydrogen) atoms. The lowest BCUT2D eigenvalue weighted by atomic mass is 9.71. The molecule has 0 spiro atoms. The molecule has 3 N–H and O–H groups in total. The fraction of sp³-hybridized carbons (Fsp3) is 0.912. The molecule has 0 fully saturated rings. The second-order valence-electron chi connectivity index (χ2n) is 12.3. The highest BCUT2D eigenvalue weighted by atomic mass is 16.4. The molecule has 0 saturated carbocycles. The lowest BCUT2D eigenvalue weighted by Crippen LogP contribution is -2.69. The van der Waals surface area contributed by atoms with E-state index in [1.54, 1.807) is 0 Å². The van der Waals surface area contributed by atoms with E-state index in [-0.39, 0.29) is 19.4 Å². The smallest absolute Gasteiger partial charge is 0.219 e. The third-order valence-corrected chi connectivity index (χ3v) is 8.61. The molecule has 0 bridgehead atoms. The Bertz CT molecular complexity index is 801. The van der Waals surface area contributed by atoms with Crippen LogP contribution < -0.4 is 0 Å². The van der Waals surface area contributed by atoms with Gasteiger partial charge in [-0.1, -0.05) is 147 Å². The lowest BCUT2D eigenvalue weighted by molar-refractivity contribution is -0.194. The Hall–Kier alpha value is -1.80. The van der Waals surface area contributed by atoms with Crippen LogP contribution in [0.15, 0.2) is 5.11 Å². The van der Waals surface area contributed by atoms with Crippen LogP contribution in [0.25, 0.3) is 10.4 Å². The standard InChI is InChI=1S/C34H63N3O6/c1-3-5-7-9-11-13-15-17-19-21-23-25-30(39)33(42,29-38)34(43,32(41)27-28-36-37-35)31(40)26-24-22-20-18-16-14-12-10-8-6-4-2/h38,42-43H,3-29H2,1-2H3. The Morgan fingerprint density at radius 3 is 1.23 bits per heavy atom. The van der Waals surface area contributed by atoms with Crippen LogP contribution in [-0.4, -0.2) is 57.0 Å². The Morgan fingerprint density at radius 1 is 0.558 bits per heavy atom. The second-order valence-corrected chi connectivity index (χ2v) is 12.3. The van der Waals surface area contributed by atoms with Crippen LogP contribution in [0.1, 0.15) is 174 Å². The zero-order chi connectivity index (χ0) is 32.2. The zero-order valence-electron chi connectivity index (χ0n) is 27.5. The van der Waals surface area contributed by atoms with Gasteiger partial charge in [-0.05, 0) is 18.4 Å². The largest absolute Gasteiger partial charge is 0.393 e. The van der Waals surface area contributed by atoms with Gasteiger partial charge in [-0.15, -0.1) is 0 Å². The first kappa shape index (κ1) is 41.2. The Labute approximate surface area is 261 Å². The van der Waals surface area contributed by atoms with Crippen molar-refractivity contribution in [2.24, 2.45) is 5.11 Å². The maximum atomic E-state index is 13.3. The number of hydrogen-bond donors (Lipinski definition) is 3. The molecule has 0 aliphatic carbocycles. The normalized spacial score (nSPS) is 14.1. The number of carbonyl (C=O) groups excluding carboxylic acids is 3. The van der Waals surface area contributed by atoms with Gasteiger partial charge in [0.2, 0.25) is 5.60 Å². The van der Waals surface area contributed by atoms with E-state index in [1.165, 1.54) is 77.0 Å². The van der Waals surface area contributed by atoms with Gasteiger partial charge >= 0.3 is 0 Å². The van der Waals surface area contributed by atoms with Crippen LogP contribution in [0.4, 0.5) is 0 Å². The van der Waals surface area contributed by atoms with Crippen LogP contribution in [0.2, 0.25) is 0 Å². The van der Waals surface area contributed by atoms with Crippen molar-refractivity contribution in [1.82, 2.24) is 0 Å². The fourth-order valence-electron chi connectivity index (χ4n) is 5.69. The van der Waals surface area contributed by atoms with Crippen molar-refractivity contribution < 1.29 is 29.7 Å². The molecule has 2 atom stereocenters. The molecular weight excluding hydrogens is 546 g/mol. The molecule has 0 saturated heterocycles. The lowest BCUT2D eigenvalue weighted by Gasteiger charge is -2.39. The monoisotopic (exact) mass is 609 g/mol. The molecule has 0 heterocycles. The number of hydrogen-bond acceptors (Lipinski definition) is 7. The summed E-state index contributed by atoms with van der Waals surface area (Å²) in [5, 5.41) is 36.0. The molecule has 0 radical (unpaired) electrons. The number of carbonyl (C=O) groups is 3. The molecule has 250 valence electrons. The number of nitrogens with zero attached hydrogens (tertiary/aromatic N) is 3. The first-order chi connectivity index (χ1) is 20.8. The number of rotatable bonds is 32. The van der Waals surface area contributed by atoms with Gasteiger partial charge in [-0.3, -0.25) is 14.4 Å². The van der Waals surface area contributed by atoms with E-state index >= 15 is 0 Å². The van der Waals surface area contributed by atoms with E-state index < -0.39 is 41.6 Å².